The highest BCUT2D eigenvalue weighted by molar-refractivity contribution is 5.93. The van der Waals surface area contributed by atoms with E-state index in [0.717, 1.165) is 5.69 Å². The third kappa shape index (κ3) is 3.18. The summed E-state index contributed by atoms with van der Waals surface area (Å²) < 4.78 is 0. The predicted molar refractivity (Wildman–Crippen MR) is 61.6 cm³/mol. The molecule has 16 heavy (non-hydrogen) atoms. The van der Waals surface area contributed by atoms with E-state index in [-0.39, 0.29) is 19.0 Å². The summed E-state index contributed by atoms with van der Waals surface area (Å²) in [6, 6.07) is 3.41. The maximum absolute atomic E-state index is 8.90. The van der Waals surface area contributed by atoms with Crippen molar-refractivity contribution >= 4 is 11.5 Å². The van der Waals surface area contributed by atoms with Crippen LogP contribution in [0.2, 0.25) is 0 Å². The highest BCUT2D eigenvalue weighted by Gasteiger charge is 2.07. The number of nitrogens with zero attached hydrogens (tertiary/aromatic N) is 2. The number of aliphatic hydroxyl groups is 2. The lowest BCUT2D eigenvalue weighted by Crippen LogP contribution is -2.30. The molecule has 0 saturated heterocycles. The minimum absolute atomic E-state index is 0.00225. The van der Waals surface area contributed by atoms with Crippen molar-refractivity contribution in [1.29, 1.82) is 5.41 Å². The first-order valence-electron chi connectivity index (χ1n) is 4.96. The summed E-state index contributed by atoms with van der Waals surface area (Å²) in [5.41, 5.74) is 6.50. The first kappa shape index (κ1) is 12.4. The highest BCUT2D eigenvalue weighted by Crippen LogP contribution is 2.13. The summed E-state index contributed by atoms with van der Waals surface area (Å²) in [6.45, 7) is 0.833. The minimum atomic E-state index is -0.102. The monoisotopic (exact) mass is 224 g/mol. The topological polar surface area (TPSA) is 106 Å². The van der Waals surface area contributed by atoms with Gasteiger partial charge in [-0.15, -0.1) is 0 Å². The van der Waals surface area contributed by atoms with E-state index in [1.807, 2.05) is 0 Å². The number of hydrogen-bond donors (Lipinski definition) is 4. The van der Waals surface area contributed by atoms with Gasteiger partial charge in [-0.2, -0.15) is 0 Å². The molecule has 0 amide bonds. The van der Waals surface area contributed by atoms with Crippen LogP contribution in [0.4, 0.5) is 5.69 Å². The number of pyridine rings is 1. The van der Waals surface area contributed by atoms with Gasteiger partial charge in [0.2, 0.25) is 0 Å². The van der Waals surface area contributed by atoms with Gasteiger partial charge in [-0.3, -0.25) is 10.4 Å². The van der Waals surface area contributed by atoms with Crippen molar-refractivity contribution in [3.63, 3.8) is 0 Å². The summed E-state index contributed by atoms with van der Waals surface area (Å²) in [6.07, 6.45) is 1.55. The molecule has 6 nitrogen and oxygen atoms in total. The fourth-order valence-corrected chi connectivity index (χ4v) is 1.37. The second kappa shape index (κ2) is 6.04. The molecule has 0 bridgehead atoms. The first-order chi connectivity index (χ1) is 7.69. The van der Waals surface area contributed by atoms with Crippen LogP contribution in [0.1, 0.15) is 5.69 Å². The van der Waals surface area contributed by atoms with Crippen molar-refractivity contribution in [2.24, 2.45) is 5.73 Å². The zero-order valence-electron chi connectivity index (χ0n) is 8.93. The van der Waals surface area contributed by atoms with E-state index >= 15 is 0 Å². The van der Waals surface area contributed by atoms with Gasteiger partial charge in [0.15, 0.2) is 0 Å². The Kier molecular flexibility index (Phi) is 4.68. The number of anilines is 1. The second-order valence-electron chi connectivity index (χ2n) is 3.25. The molecule has 0 aliphatic heterocycles. The molecule has 5 N–H and O–H groups in total. The summed E-state index contributed by atoms with van der Waals surface area (Å²) >= 11 is 0. The molecule has 0 radical (unpaired) electrons. The molecule has 1 rings (SSSR count). The van der Waals surface area contributed by atoms with Crippen molar-refractivity contribution in [3.8, 4) is 0 Å². The number of nitrogens with two attached hydrogens (primary N) is 1. The molecule has 1 heterocycles. The summed E-state index contributed by atoms with van der Waals surface area (Å²) in [5.74, 6) is -0.102. The lowest BCUT2D eigenvalue weighted by Gasteiger charge is -2.23. The van der Waals surface area contributed by atoms with Crippen LogP contribution in [0.3, 0.4) is 0 Å². The Labute approximate surface area is 93.8 Å². The maximum Gasteiger partial charge on any atom is 0.141 e. The first-order valence-corrected chi connectivity index (χ1v) is 4.96. The summed E-state index contributed by atoms with van der Waals surface area (Å²) in [5, 5.41) is 25.1. The average Bonchev–Trinajstić information content (AvgIpc) is 2.29. The lowest BCUT2D eigenvalue weighted by molar-refractivity contribution is 0.281. The maximum atomic E-state index is 8.90. The number of hydrogen-bond acceptors (Lipinski definition) is 5. The molecule has 1 aromatic rings. The summed E-state index contributed by atoms with van der Waals surface area (Å²) in [7, 11) is 0. The number of rotatable bonds is 6. The van der Waals surface area contributed by atoms with Gasteiger partial charge in [-0.05, 0) is 12.1 Å². The van der Waals surface area contributed by atoms with Crippen LogP contribution in [0, 0.1) is 5.41 Å². The fourth-order valence-electron chi connectivity index (χ4n) is 1.37. The number of amidine groups is 1. The van der Waals surface area contributed by atoms with E-state index in [2.05, 4.69) is 4.98 Å². The molecule has 0 aliphatic carbocycles. The standard InChI is InChI=1S/C10H16N4O2/c11-10(12)9-7-8(1-2-13-9)14(3-5-15)4-6-16/h1-2,7,15-16H,3-6H2,(H3,11,12). The molecule has 6 heteroatoms. The zero-order chi connectivity index (χ0) is 12.0. The largest absolute Gasteiger partial charge is 0.395 e. The fraction of sp³-hybridized carbons (Fsp3) is 0.400. The van der Waals surface area contributed by atoms with Crippen molar-refractivity contribution in [2.45, 2.75) is 0 Å². The van der Waals surface area contributed by atoms with Crippen LogP contribution in [-0.4, -0.2) is 47.3 Å². The molecule has 0 aliphatic rings. The van der Waals surface area contributed by atoms with Crippen LogP contribution in [0.5, 0.6) is 0 Å². The van der Waals surface area contributed by atoms with Crippen LogP contribution in [0.15, 0.2) is 18.3 Å². The second-order valence-corrected chi connectivity index (χ2v) is 3.25. The van der Waals surface area contributed by atoms with Crippen LogP contribution < -0.4 is 10.6 Å². The Morgan fingerprint density at radius 1 is 1.38 bits per heavy atom. The predicted octanol–water partition coefficient (Wildman–Crippen LogP) is -0.843. The zero-order valence-corrected chi connectivity index (χ0v) is 8.93. The highest BCUT2D eigenvalue weighted by atomic mass is 16.3. The van der Waals surface area contributed by atoms with E-state index in [9.17, 15) is 0 Å². The van der Waals surface area contributed by atoms with Gasteiger partial charge in [0.25, 0.3) is 0 Å². The van der Waals surface area contributed by atoms with Crippen LogP contribution in [0.25, 0.3) is 0 Å². The smallest absolute Gasteiger partial charge is 0.141 e. The molecule has 0 spiro atoms. The van der Waals surface area contributed by atoms with E-state index in [1.54, 1.807) is 23.2 Å². The minimum Gasteiger partial charge on any atom is -0.395 e. The molecule has 1 aromatic heterocycles. The van der Waals surface area contributed by atoms with Crippen LogP contribution in [-0.2, 0) is 0 Å². The SMILES string of the molecule is N=C(N)c1cc(N(CCO)CCO)ccn1. The molecule has 0 aromatic carbocycles. The summed E-state index contributed by atoms with van der Waals surface area (Å²) in [4.78, 5) is 5.74. The van der Waals surface area contributed by atoms with Gasteiger partial charge in [0.1, 0.15) is 11.5 Å². The lowest BCUT2D eigenvalue weighted by atomic mass is 10.2. The van der Waals surface area contributed by atoms with Gasteiger partial charge in [0.05, 0.1) is 13.2 Å². The van der Waals surface area contributed by atoms with Gasteiger partial charge < -0.3 is 20.8 Å². The van der Waals surface area contributed by atoms with Crippen molar-refractivity contribution in [3.05, 3.63) is 24.0 Å². The van der Waals surface area contributed by atoms with E-state index in [1.165, 1.54) is 0 Å². The molecule has 88 valence electrons. The Morgan fingerprint density at radius 3 is 2.50 bits per heavy atom. The third-order valence-corrected chi connectivity index (χ3v) is 2.12. The Morgan fingerprint density at radius 2 is 2.00 bits per heavy atom. The molecule has 0 saturated carbocycles. The Hall–Kier alpha value is -1.66. The normalized spacial score (nSPS) is 10.1. The van der Waals surface area contributed by atoms with E-state index in [0.29, 0.717) is 18.8 Å². The molecule has 0 unspecified atom stereocenters. The molecule has 0 atom stereocenters. The quantitative estimate of drug-likeness (QED) is 0.372. The van der Waals surface area contributed by atoms with Gasteiger partial charge >= 0.3 is 0 Å². The average molecular weight is 224 g/mol. The van der Waals surface area contributed by atoms with Crippen molar-refractivity contribution in [2.75, 3.05) is 31.2 Å². The number of nitrogen functional groups attached to an aromatic ring is 1. The third-order valence-electron chi connectivity index (χ3n) is 2.12. The van der Waals surface area contributed by atoms with Crippen molar-refractivity contribution < 1.29 is 10.2 Å². The van der Waals surface area contributed by atoms with Gasteiger partial charge in [0, 0.05) is 25.0 Å². The molecular formula is C10H16N4O2. The van der Waals surface area contributed by atoms with Crippen molar-refractivity contribution in [1.82, 2.24) is 4.98 Å². The van der Waals surface area contributed by atoms with E-state index < -0.39 is 0 Å². The van der Waals surface area contributed by atoms with E-state index in [4.69, 9.17) is 21.4 Å². The number of nitrogens with one attached hydrogen (secondary N) is 1. The van der Waals surface area contributed by atoms with Gasteiger partial charge in [-0.1, -0.05) is 0 Å². The van der Waals surface area contributed by atoms with Gasteiger partial charge in [-0.25, -0.2) is 0 Å². The Balaban J connectivity index is 2.90. The Bertz CT molecular complexity index is 350. The van der Waals surface area contributed by atoms with Crippen LogP contribution >= 0.6 is 0 Å². The molecular weight excluding hydrogens is 208 g/mol. The number of aromatic nitrogens is 1. The number of aliphatic hydroxyl groups excluding tert-OH is 2. The molecule has 0 fully saturated rings.